The highest BCUT2D eigenvalue weighted by atomic mass is 35.5. The Morgan fingerprint density at radius 1 is 0.409 bits per heavy atom. The van der Waals surface area contributed by atoms with Gasteiger partial charge in [-0.2, -0.15) is 0 Å². The highest BCUT2D eigenvalue weighted by Gasteiger charge is 2.35. The van der Waals surface area contributed by atoms with Crippen LogP contribution in [0.25, 0.3) is 33.1 Å². The number of carbonyl (C=O) groups excluding carboxylic acids is 7. The fourth-order valence-corrected chi connectivity index (χ4v) is 17.1. The summed E-state index contributed by atoms with van der Waals surface area (Å²) in [6.45, 7) is 7.65. The number of halogens is 2. The highest BCUT2D eigenvalue weighted by Crippen LogP contribution is 2.41. The fourth-order valence-electron chi connectivity index (χ4n) is 17.1. The number of methoxy groups -OCH3 is 4. The Hall–Kier alpha value is -13.0. The van der Waals surface area contributed by atoms with Gasteiger partial charge in [-0.05, 0) is 165 Å². The predicted octanol–water partition coefficient (Wildman–Crippen LogP) is 12.7. The van der Waals surface area contributed by atoms with Crippen LogP contribution in [0.4, 0.5) is 39.8 Å². The number of aromatic amines is 2. The zero-order valence-corrected chi connectivity index (χ0v) is 72.5. The molecule has 7 aliphatic rings. The first kappa shape index (κ1) is 91.7. The third-order valence-electron chi connectivity index (χ3n) is 23.7. The number of likely N-dealkylation sites (tertiary alicyclic amines) is 3. The summed E-state index contributed by atoms with van der Waals surface area (Å²) in [5.41, 5.74) is 22.7. The molecule has 30 heteroatoms. The number of nitrogen functional groups attached to an aromatic ring is 1. The zero-order valence-electron chi connectivity index (χ0n) is 70.8. The number of rotatable bonds is 17. The minimum Gasteiger partial charge on any atom is -0.495 e. The topological polar surface area (TPSA) is 371 Å². The summed E-state index contributed by atoms with van der Waals surface area (Å²) < 4.78 is 19.9. The molecule has 10 N–H and O–H groups in total. The SMILES string of the molecule is COC(=O)c1ccc2c(C(=Nc3ccc4c(c3)CCN4C(=O)CN3CCC(O)CC3)c3ccccc3)c(O)[nH]c2c1.COC(=O)c1ccc2c(C(=Nc3ccc4c(c3)CCN4C(=O)CN3CCC(O)CC3)c3ccccc3)c(O)[nH]c2c1.COC(=O)c1ccc2c(c1)NC(=O)/C2=C(\OC)c1ccccc1.Cl.Cl.Nc1ccc2c(c1)CCN2C(=O)CN1CCC(O)CC1. The molecule has 7 aliphatic heterocycles. The summed E-state index contributed by atoms with van der Waals surface area (Å²) >= 11 is 0. The molecule has 2 aromatic heterocycles. The summed E-state index contributed by atoms with van der Waals surface area (Å²) in [5, 5.41) is 55.3. The number of aromatic hydroxyl groups is 2. The molecule has 0 unspecified atom stereocenters. The maximum Gasteiger partial charge on any atom is 0.337 e. The summed E-state index contributed by atoms with van der Waals surface area (Å²) in [5.74, 6) is -0.956. The Morgan fingerprint density at radius 3 is 1.14 bits per heavy atom. The van der Waals surface area contributed by atoms with Crippen LogP contribution in [0.2, 0.25) is 0 Å². The van der Waals surface area contributed by atoms with Crippen LogP contribution >= 0.6 is 24.8 Å². The van der Waals surface area contributed by atoms with Gasteiger partial charge in [0.2, 0.25) is 17.7 Å². The van der Waals surface area contributed by atoms with Crippen molar-refractivity contribution in [1.82, 2.24) is 24.7 Å². The van der Waals surface area contributed by atoms with Crippen molar-refractivity contribution in [2.24, 2.45) is 9.98 Å². The van der Waals surface area contributed by atoms with E-state index in [0.29, 0.717) is 143 Å². The number of aliphatic hydroxyl groups excluding tert-OH is 3. The third-order valence-corrected chi connectivity index (χ3v) is 23.7. The van der Waals surface area contributed by atoms with E-state index in [1.54, 1.807) is 54.6 Å². The lowest BCUT2D eigenvalue weighted by molar-refractivity contribution is -0.121. The van der Waals surface area contributed by atoms with Crippen LogP contribution in [0.3, 0.4) is 0 Å². The second kappa shape index (κ2) is 41.4. The Kier molecular flexibility index (Phi) is 29.9. The number of nitrogens with two attached hydrogens (primary N) is 1. The number of H-pyrrole nitrogens is 2. The van der Waals surface area contributed by atoms with Crippen molar-refractivity contribution in [2.75, 3.05) is 133 Å². The number of amides is 4. The van der Waals surface area contributed by atoms with Crippen LogP contribution in [-0.4, -0.2) is 228 Å². The monoisotopic (exact) mass is 1760 g/mol. The smallest absolute Gasteiger partial charge is 0.337 e. The second-order valence-corrected chi connectivity index (χ2v) is 31.8. The minimum absolute atomic E-state index is 0. The molecular weight excluding hydrogens is 1660 g/mol. The molecule has 127 heavy (non-hydrogen) atoms. The molecule has 9 heterocycles. The lowest BCUT2D eigenvalue weighted by Crippen LogP contribution is -2.43. The number of aliphatic imine (C=N–C) groups is 2. The van der Waals surface area contributed by atoms with E-state index in [4.69, 9.17) is 34.7 Å². The molecule has 0 radical (unpaired) electrons. The fraction of sp³-hybridized carbons (Fsp3) is 0.289. The Balaban J connectivity index is 0.000000150. The van der Waals surface area contributed by atoms with E-state index in [9.17, 15) is 59.1 Å². The van der Waals surface area contributed by atoms with E-state index >= 15 is 0 Å². The second-order valence-electron chi connectivity index (χ2n) is 31.8. The van der Waals surface area contributed by atoms with Crippen molar-refractivity contribution in [2.45, 2.75) is 76.1 Å². The summed E-state index contributed by atoms with van der Waals surface area (Å²) in [6.07, 6.45) is 5.95. The molecule has 0 bridgehead atoms. The molecule has 0 aliphatic carbocycles. The van der Waals surface area contributed by atoms with E-state index in [1.165, 1.54) is 28.4 Å². The lowest BCUT2D eigenvalue weighted by Gasteiger charge is -2.30. The van der Waals surface area contributed by atoms with E-state index in [0.717, 1.165) is 145 Å². The van der Waals surface area contributed by atoms with Gasteiger partial charge in [-0.1, -0.05) is 109 Å². The average Bonchev–Trinajstić information content (AvgIpc) is 1.64. The average molecular weight is 1760 g/mol. The van der Waals surface area contributed by atoms with E-state index in [1.807, 2.05) is 160 Å². The Morgan fingerprint density at radius 2 is 0.764 bits per heavy atom. The first-order valence-corrected chi connectivity index (χ1v) is 41.9. The summed E-state index contributed by atoms with van der Waals surface area (Å²) in [4.78, 5) is 115. The number of aromatic nitrogens is 2. The molecule has 11 aromatic rings. The van der Waals surface area contributed by atoms with Gasteiger partial charge in [0.15, 0.2) is 11.8 Å². The van der Waals surface area contributed by atoms with Gasteiger partial charge in [0.1, 0.15) is 5.76 Å². The van der Waals surface area contributed by atoms with Gasteiger partial charge in [0, 0.05) is 126 Å². The van der Waals surface area contributed by atoms with Crippen molar-refractivity contribution in [3.63, 3.8) is 0 Å². The molecular formula is C97H102Cl2N12O16. The highest BCUT2D eigenvalue weighted by molar-refractivity contribution is 6.36. The number of fused-ring (bicyclic) bond motifs is 6. The van der Waals surface area contributed by atoms with Crippen molar-refractivity contribution in [3.05, 3.63) is 267 Å². The molecule has 660 valence electrons. The number of nitrogens with one attached hydrogen (secondary N) is 3. The minimum atomic E-state index is -0.458. The molecule has 3 fully saturated rings. The maximum atomic E-state index is 13.1. The first-order chi connectivity index (χ1) is 60.6. The number of anilines is 5. The molecule has 18 rings (SSSR count). The molecule has 9 aromatic carbocycles. The number of hydrogen-bond acceptors (Lipinski definition) is 22. The third kappa shape index (κ3) is 20.9. The van der Waals surface area contributed by atoms with Gasteiger partial charge in [-0.3, -0.25) is 33.9 Å². The number of ether oxygens (including phenoxy) is 4. The van der Waals surface area contributed by atoms with Gasteiger partial charge in [0.05, 0.1) is 128 Å². The maximum absolute atomic E-state index is 13.1. The summed E-state index contributed by atoms with van der Waals surface area (Å²) in [6, 6.07) is 61.2. The van der Waals surface area contributed by atoms with Crippen LogP contribution in [0.5, 0.6) is 11.8 Å². The number of carbonyl (C=O) groups is 7. The van der Waals surface area contributed by atoms with E-state index < -0.39 is 17.9 Å². The van der Waals surface area contributed by atoms with Crippen LogP contribution in [0, 0.1) is 0 Å². The van der Waals surface area contributed by atoms with Crippen LogP contribution < -0.4 is 25.8 Å². The van der Waals surface area contributed by atoms with Crippen molar-refractivity contribution < 1.29 is 78.0 Å². The molecule has 0 atom stereocenters. The van der Waals surface area contributed by atoms with Crippen molar-refractivity contribution in [3.8, 4) is 11.8 Å². The van der Waals surface area contributed by atoms with Gasteiger partial charge in [0.25, 0.3) is 5.91 Å². The molecule has 0 saturated carbocycles. The van der Waals surface area contributed by atoms with Gasteiger partial charge in [-0.25, -0.2) is 24.4 Å². The lowest BCUT2D eigenvalue weighted by atomic mass is 10.00. The normalized spacial score (nSPS) is 16.3. The predicted molar refractivity (Wildman–Crippen MR) is 494 cm³/mol. The number of benzene rings is 9. The Labute approximate surface area is 746 Å². The molecule has 4 amide bonds. The van der Waals surface area contributed by atoms with Crippen LogP contribution in [0.1, 0.15) is 120 Å². The van der Waals surface area contributed by atoms with E-state index in [2.05, 4.69) is 30.0 Å². The molecule has 3 saturated heterocycles. The zero-order chi connectivity index (χ0) is 87.5. The number of nitrogens with zero attached hydrogens (tertiary/aromatic N) is 8. The van der Waals surface area contributed by atoms with Gasteiger partial charge >= 0.3 is 17.9 Å². The molecule has 28 nitrogen and oxygen atoms in total. The van der Waals surface area contributed by atoms with Gasteiger partial charge in [-0.15, -0.1) is 24.8 Å². The quantitative estimate of drug-likeness (QED) is 0.0102. The van der Waals surface area contributed by atoms with Crippen molar-refractivity contribution in [1.29, 1.82) is 0 Å². The summed E-state index contributed by atoms with van der Waals surface area (Å²) in [7, 11) is 5.51. The largest absolute Gasteiger partial charge is 0.495 e. The van der Waals surface area contributed by atoms with E-state index in [-0.39, 0.29) is 78.5 Å². The van der Waals surface area contributed by atoms with Gasteiger partial charge < -0.3 is 80.2 Å². The van der Waals surface area contributed by atoms with Crippen LogP contribution in [0.15, 0.2) is 210 Å². The molecule has 0 spiro atoms. The van der Waals surface area contributed by atoms with Crippen LogP contribution in [-0.2, 0) is 57.4 Å². The van der Waals surface area contributed by atoms with Crippen molar-refractivity contribution >= 4 is 151 Å². The standard InChI is InChI=1S/2C32H32N4O5.C18H15NO4.C15H21N3O2.2ClH/c2*1-41-32(40)22-7-9-25-26(18-22)34-31(39)29(25)30(20-5-3-2-4-6-20)33-23-8-10-27-21(17-23)11-16-36(27)28(38)19-35-14-12-24(37)13-15-35;1-22-16(11-6-4-3-5-7-11)15-13-9-8-12(18(21)23-2)10-14(13)19-17(15)20;16-12-1-2-14-11(9-12)3-8-18(14)15(20)10-17-6-4-13(19)5-7-17;;/h2*2-10,17-18,24,34,37,39H,11-16,19H2,1H3;3-10H,1-2H3,(H,19,20);1-2,9,13,19H,3-8,10,16H2;2*1H/b;;16-15-;;;. The first-order valence-electron chi connectivity index (χ1n) is 41.9. The number of aliphatic hydroxyl groups is 3. The number of piperidine rings is 3. The Bertz CT molecular complexity index is 5730. The number of hydrogen-bond donors (Lipinski definition) is 9. The number of esters is 3.